The van der Waals surface area contributed by atoms with Gasteiger partial charge in [-0.1, -0.05) is 0 Å². The Kier molecular flexibility index (Phi) is 6.24. The summed E-state index contributed by atoms with van der Waals surface area (Å²) in [5, 5.41) is 3.31. The van der Waals surface area contributed by atoms with Crippen LogP contribution in [0.15, 0.2) is 9.41 Å². The fourth-order valence-electron chi connectivity index (χ4n) is 2.67. The number of aromatic nitrogens is 1. The Bertz CT molecular complexity index is 473. The fourth-order valence-corrected chi connectivity index (χ4v) is 2.67. The first-order valence-electron chi connectivity index (χ1n) is 8.02. The molecule has 22 heavy (non-hydrogen) atoms. The molecule has 1 aliphatic heterocycles. The van der Waals surface area contributed by atoms with Crippen LogP contribution in [0.25, 0.3) is 0 Å². The molecule has 0 radical (unpaired) electrons. The highest BCUT2D eigenvalue weighted by Crippen LogP contribution is 2.18. The molecule has 2 rings (SSSR count). The molecule has 124 valence electrons. The van der Waals surface area contributed by atoms with E-state index >= 15 is 0 Å². The lowest BCUT2D eigenvalue weighted by Crippen LogP contribution is -2.39. The molecule has 1 aromatic heterocycles. The monoisotopic (exact) mass is 308 g/mol. The van der Waals surface area contributed by atoms with Crippen LogP contribution in [0.3, 0.4) is 0 Å². The summed E-state index contributed by atoms with van der Waals surface area (Å²) < 4.78 is 11.0. The molecule has 0 aliphatic carbocycles. The molecule has 2 heterocycles. The summed E-state index contributed by atoms with van der Waals surface area (Å²) in [6.45, 7) is 7.25. The quantitative estimate of drug-likeness (QED) is 0.667. The van der Waals surface area contributed by atoms with E-state index < -0.39 is 0 Å². The van der Waals surface area contributed by atoms with Gasteiger partial charge in [0.1, 0.15) is 5.76 Å². The molecule has 1 aromatic rings. The number of nitrogens with zero attached hydrogens (tertiary/aromatic N) is 3. The van der Waals surface area contributed by atoms with E-state index in [1.165, 1.54) is 19.3 Å². The zero-order valence-corrected chi connectivity index (χ0v) is 14.2. The van der Waals surface area contributed by atoms with Crippen LogP contribution in [0, 0.1) is 19.8 Å². The molecular weight excluding hydrogens is 280 g/mol. The summed E-state index contributed by atoms with van der Waals surface area (Å²) >= 11 is 0. The standard InChI is InChI=1S/C16H28N4O2/c1-12-13(2)22-15(19-12)11-18-16(17-3)20(4)8-5-14-6-9-21-10-7-14/h14H,5-11H2,1-4H3,(H,17,18). The third-order valence-electron chi connectivity index (χ3n) is 4.26. The molecule has 0 amide bonds. The molecule has 0 saturated carbocycles. The van der Waals surface area contributed by atoms with Crippen molar-refractivity contribution in [1.82, 2.24) is 15.2 Å². The van der Waals surface area contributed by atoms with E-state index in [1.807, 2.05) is 13.8 Å². The Morgan fingerprint density at radius 3 is 2.68 bits per heavy atom. The first-order chi connectivity index (χ1) is 10.6. The summed E-state index contributed by atoms with van der Waals surface area (Å²) in [5.41, 5.74) is 0.944. The Morgan fingerprint density at radius 1 is 1.36 bits per heavy atom. The van der Waals surface area contributed by atoms with Crippen molar-refractivity contribution >= 4 is 5.96 Å². The summed E-state index contributed by atoms with van der Waals surface area (Å²) in [7, 11) is 3.88. The molecule has 1 saturated heterocycles. The van der Waals surface area contributed by atoms with Gasteiger partial charge in [0.25, 0.3) is 0 Å². The largest absolute Gasteiger partial charge is 0.444 e. The molecule has 0 spiro atoms. The van der Waals surface area contributed by atoms with E-state index in [0.717, 1.165) is 43.1 Å². The summed E-state index contributed by atoms with van der Waals surface area (Å²) in [6.07, 6.45) is 3.53. The molecule has 6 heteroatoms. The summed E-state index contributed by atoms with van der Waals surface area (Å²) in [6, 6.07) is 0. The van der Waals surface area contributed by atoms with E-state index in [-0.39, 0.29) is 0 Å². The van der Waals surface area contributed by atoms with Gasteiger partial charge < -0.3 is 19.4 Å². The van der Waals surface area contributed by atoms with Crippen molar-refractivity contribution in [2.75, 3.05) is 33.9 Å². The first kappa shape index (κ1) is 16.8. The average Bonchev–Trinajstić information content (AvgIpc) is 2.85. The number of hydrogen-bond acceptors (Lipinski definition) is 4. The van der Waals surface area contributed by atoms with E-state index in [1.54, 1.807) is 7.05 Å². The minimum absolute atomic E-state index is 0.558. The van der Waals surface area contributed by atoms with E-state index in [9.17, 15) is 0 Å². The molecule has 0 atom stereocenters. The number of aryl methyl sites for hydroxylation is 2. The SMILES string of the molecule is CN=C(NCc1nc(C)c(C)o1)N(C)CCC1CCOCC1. The molecule has 6 nitrogen and oxygen atoms in total. The van der Waals surface area contributed by atoms with Gasteiger partial charge >= 0.3 is 0 Å². The molecule has 1 N–H and O–H groups in total. The van der Waals surface area contributed by atoms with Gasteiger partial charge in [-0.3, -0.25) is 4.99 Å². The predicted octanol–water partition coefficient (Wildman–Crippen LogP) is 2.12. The van der Waals surface area contributed by atoms with Crippen molar-refractivity contribution in [2.45, 2.75) is 39.7 Å². The van der Waals surface area contributed by atoms with E-state index in [0.29, 0.717) is 12.4 Å². The lowest BCUT2D eigenvalue weighted by Gasteiger charge is -2.26. The number of ether oxygens (including phenoxy) is 1. The summed E-state index contributed by atoms with van der Waals surface area (Å²) in [4.78, 5) is 10.9. The highest BCUT2D eigenvalue weighted by Gasteiger charge is 2.15. The Hall–Kier alpha value is -1.56. The van der Waals surface area contributed by atoms with Crippen LogP contribution >= 0.6 is 0 Å². The van der Waals surface area contributed by atoms with Crippen molar-refractivity contribution in [3.05, 3.63) is 17.3 Å². The van der Waals surface area contributed by atoms with Crippen molar-refractivity contribution in [2.24, 2.45) is 10.9 Å². The van der Waals surface area contributed by atoms with Crippen LogP contribution < -0.4 is 5.32 Å². The Balaban J connectivity index is 1.77. The maximum absolute atomic E-state index is 5.58. The molecule has 1 aliphatic rings. The van der Waals surface area contributed by atoms with Crippen molar-refractivity contribution in [3.63, 3.8) is 0 Å². The van der Waals surface area contributed by atoms with E-state index in [4.69, 9.17) is 9.15 Å². The van der Waals surface area contributed by atoms with Crippen LogP contribution in [0.4, 0.5) is 0 Å². The normalized spacial score (nSPS) is 16.8. The predicted molar refractivity (Wildman–Crippen MR) is 87.0 cm³/mol. The number of guanidine groups is 1. The van der Waals surface area contributed by atoms with E-state index in [2.05, 4.69) is 27.2 Å². The second-order valence-electron chi connectivity index (χ2n) is 5.92. The maximum Gasteiger partial charge on any atom is 0.214 e. The van der Waals surface area contributed by atoms with Crippen LogP contribution in [-0.2, 0) is 11.3 Å². The van der Waals surface area contributed by atoms with Gasteiger partial charge in [-0.15, -0.1) is 0 Å². The minimum atomic E-state index is 0.558. The summed E-state index contributed by atoms with van der Waals surface area (Å²) in [5.74, 6) is 3.22. The molecule has 0 aromatic carbocycles. The smallest absolute Gasteiger partial charge is 0.214 e. The molecule has 0 unspecified atom stereocenters. The van der Waals surface area contributed by atoms with Gasteiger partial charge in [0.05, 0.1) is 12.2 Å². The third-order valence-corrected chi connectivity index (χ3v) is 4.26. The molecule has 0 bridgehead atoms. The Morgan fingerprint density at radius 2 is 2.09 bits per heavy atom. The zero-order valence-electron chi connectivity index (χ0n) is 14.2. The maximum atomic E-state index is 5.58. The highest BCUT2D eigenvalue weighted by molar-refractivity contribution is 5.79. The first-order valence-corrected chi connectivity index (χ1v) is 8.02. The van der Waals surface area contributed by atoms with Crippen molar-refractivity contribution < 1.29 is 9.15 Å². The average molecular weight is 308 g/mol. The second kappa shape index (κ2) is 8.17. The van der Waals surface area contributed by atoms with Gasteiger partial charge in [-0.05, 0) is 39.0 Å². The van der Waals surface area contributed by atoms with Crippen LogP contribution in [-0.4, -0.2) is 49.7 Å². The third kappa shape index (κ3) is 4.73. The number of oxazole rings is 1. The molecule has 1 fully saturated rings. The van der Waals surface area contributed by atoms with Gasteiger partial charge in [0, 0.05) is 33.9 Å². The van der Waals surface area contributed by atoms with Crippen LogP contribution in [0.1, 0.15) is 36.6 Å². The van der Waals surface area contributed by atoms with Crippen molar-refractivity contribution in [1.29, 1.82) is 0 Å². The number of rotatable bonds is 5. The fraction of sp³-hybridized carbons (Fsp3) is 0.750. The molecular formula is C16H28N4O2. The minimum Gasteiger partial charge on any atom is -0.444 e. The van der Waals surface area contributed by atoms with Crippen LogP contribution in [0.5, 0.6) is 0 Å². The lowest BCUT2D eigenvalue weighted by molar-refractivity contribution is 0.0625. The van der Waals surface area contributed by atoms with Crippen LogP contribution in [0.2, 0.25) is 0 Å². The zero-order chi connectivity index (χ0) is 15.9. The van der Waals surface area contributed by atoms with Gasteiger partial charge in [0.15, 0.2) is 5.96 Å². The van der Waals surface area contributed by atoms with Gasteiger partial charge in [-0.25, -0.2) is 4.98 Å². The van der Waals surface area contributed by atoms with Crippen molar-refractivity contribution in [3.8, 4) is 0 Å². The number of aliphatic imine (C=N–C) groups is 1. The lowest BCUT2D eigenvalue weighted by atomic mass is 9.96. The highest BCUT2D eigenvalue weighted by atomic mass is 16.5. The number of hydrogen-bond donors (Lipinski definition) is 1. The topological polar surface area (TPSA) is 62.9 Å². The number of nitrogens with one attached hydrogen (secondary N) is 1. The van der Waals surface area contributed by atoms with Gasteiger partial charge in [0.2, 0.25) is 5.89 Å². The van der Waals surface area contributed by atoms with Gasteiger partial charge in [-0.2, -0.15) is 0 Å². The second-order valence-corrected chi connectivity index (χ2v) is 5.92. The Labute approximate surface area is 133 Å².